The summed E-state index contributed by atoms with van der Waals surface area (Å²) in [6.45, 7) is 16.4. The molecule has 6 nitrogen and oxygen atoms in total. The third-order valence-corrected chi connectivity index (χ3v) is 5.47. The van der Waals surface area contributed by atoms with Crippen molar-refractivity contribution < 1.29 is 9.59 Å². The molecule has 0 radical (unpaired) electrons. The molecule has 1 heterocycles. The van der Waals surface area contributed by atoms with Gasteiger partial charge in [0.05, 0.1) is 13.1 Å². The second-order valence-electron chi connectivity index (χ2n) is 8.34. The number of anilines is 1. The van der Waals surface area contributed by atoms with Crippen molar-refractivity contribution in [2.75, 3.05) is 44.6 Å². The number of amides is 2. The topological polar surface area (TPSA) is 55.9 Å². The first-order chi connectivity index (χ1) is 13.2. The Hall–Kier alpha value is -1.92. The van der Waals surface area contributed by atoms with E-state index in [2.05, 4.69) is 42.8 Å². The third kappa shape index (κ3) is 6.04. The average Bonchev–Trinajstić information content (AvgIpc) is 2.60. The molecule has 1 N–H and O–H groups in total. The number of aryl methyl sites for hydroxylation is 1. The quantitative estimate of drug-likeness (QED) is 0.780. The SMILES string of the molecule is Cc1cccc(NC(=O)CN2CCN(CC(=O)N(C(C)C)C(C)C)CC2)c1C. The zero-order chi connectivity index (χ0) is 20.8. The van der Waals surface area contributed by atoms with Gasteiger partial charge in [-0.05, 0) is 58.7 Å². The molecule has 2 rings (SSSR count). The minimum Gasteiger partial charge on any atom is -0.337 e. The van der Waals surface area contributed by atoms with E-state index in [1.807, 2.05) is 36.9 Å². The van der Waals surface area contributed by atoms with Gasteiger partial charge in [-0.3, -0.25) is 19.4 Å². The van der Waals surface area contributed by atoms with Crippen molar-refractivity contribution >= 4 is 17.5 Å². The highest BCUT2D eigenvalue weighted by atomic mass is 16.2. The highest BCUT2D eigenvalue weighted by molar-refractivity contribution is 5.93. The van der Waals surface area contributed by atoms with Gasteiger partial charge in [-0.15, -0.1) is 0 Å². The summed E-state index contributed by atoms with van der Waals surface area (Å²) >= 11 is 0. The van der Waals surface area contributed by atoms with E-state index in [9.17, 15) is 9.59 Å². The number of benzene rings is 1. The van der Waals surface area contributed by atoms with Crippen LogP contribution in [0.5, 0.6) is 0 Å². The molecule has 0 unspecified atom stereocenters. The molecule has 1 aliphatic heterocycles. The number of carbonyl (C=O) groups excluding carboxylic acids is 2. The van der Waals surface area contributed by atoms with E-state index in [0.717, 1.165) is 37.4 Å². The molecule has 0 atom stereocenters. The second-order valence-corrected chi connectivity index (χ2v) is 8.34. The van der Waals surface area contributed by atoms with Crippen LogP contribution in [0.2, 0.25) is 0 Å². The van der Waals surface area contributed by atoms with Crippen LogP contribution in [-0.2, 0) is 9.59 Å². The molecule has 1 fully saturated rings. The Labute approximate surface area is 169 Å². The number of piperazine rings is 1. The van der Waals surface area contributed by atoms with E-state index in [1.165, 1.54) is 5.56 Å². The number of carbonyl (C=O) groups is 2. The fourth-order valence-electron chi connectivity index (χ4n) is 3.83. The van der Waals surface area contributed by atoms with Gasteiger partial charge in [0.2, 0.25) is 11.8 Å². The maximum absolute atomic E-state index is 12.6. The van der Waals surface area contributed by atoms with Gasteiger partial charge in [0.25, 0.3) is 0 Å². The fraction of sp³-hybridized carbons (Fsp3) is 0.636. The Morgan fingerprint density at radius 2 is 1.50 bits per heavy atom. The van der Waals surface area contributed by atoms with Crippen LogP contribution in [0.25, 0.3) is 0 Å². The highest BCUT2D eigenvalue weighted by Gasteiger charge is 2.25. The van der Waals surface area contributed by atoms with Crippen molar-refractivity contribution in [1.29, 1.82) is 0 Å². The summed E-state index contributed by atoms with van der Waals surface area (Å²) in [5, 5.41) is 3.03. The van der Waals surface area contributed by atoms with Gasteiger partial charge >= 0.3 is 0 Å². The Morgan fingerprint density at radius 3 is 2.04 bits per heavy atom. The Balaban J connectivity index is 1.79. The van der Waals surface area contributed by atoms with Gasteiger partial charge in [-0.2, -0.15) is 0 Å². The first kappa shape index (κ1) is 22.4. The lowest BCUT2D eigenvalue weighted by Crippen LogP contribution is -2.53. The number of rotatable bonds is 7. The van der Waals surface area contributed by atoms with Crippen LogP contribution in [0.4, 0.5) is 5.69 Å². The molecule has 2 amide bonds. The molecule has 6 heteroatoms. The van der Waals surface area contributed by atoms with E-state index in [0.29, 0.717) is 13.1 Å². The number of nitrogens with one attached hydrogen (secondary N) is 1. The van der Waals surface area contributed by atoms with Gasteiger partial charge in [0.1, 0.15) is 0 Å². The summed E-state index contributed by atoms with van der Waals surface area (Å²) < 4.78 is 0. The van der Waals surface area contributed by atoms with Crippen LogP contribution in [0.15, 0.2) is 18.2 Å². The summed E-state index contributed by atoms with van der Waals surface area (Å²) in [4.78, 5) is 31.3. The molecule has 1 aliphatic rings. The van der Waals surface area contributed by atoms with Crippen molar-refractivity contribution in [2.45, 2.75) is 53.6 Å². The maximum atomic E-state index is 12.6. The molecule has 156 valence electrons. The van der Waals surface area contributed by atoms with Gasteiger partial charge in [-0.25, -0.2) is 0 Å². The summed E-state index contributed by atoms with van der Waals surface area (Å²) in [7, 11) is 0. The van der Waals surface area contributed by atoms with Crippen molar-refractivity contribution in [3.8, 4) is 0 Å². The Morgan fingerprint density at radius 1 is 0.964 bits per heavy atom. The second kappa shape index (κ2) is 10.0. The standard InChI is InChI=1S/C22H36N4O2/c1-16(2)26(17(3)4)22(28)15-25-12-10-24(11-13-25)14-21(27)23-20-9-7-8-18(5)19(20)6/h7-9,16-17H,10-15H2,1-6H3,(H,23,27). The molecule has 28 heavy (non-hydrogen) atoms. The fourth-order valence-corrected chi connectivity index (χ4v) is 3.83. The predicted molar refractivity (Wildman–Crippen MR) is 115 cm³/mol. The monoisotopic (exact) mass is 388 g/mol. The maximum Gasteiger partial charge on any atom is 0.238 e. The van der Waals surface area contributed by atoms with Crippen LogP contribution >= 0.6 is 0 Å². The van der Waals surface area contributed by atoms with E-state index in [-0.39, 0.29) is 23.9 Å². The van der Waals surface area contributed by atoms with E-state index in [1.54, 1.807) is 0 Å². The Bertz CT molecular complexity index is 671. The number of nitrogens with zero attached hydrogens (tertiary/aromatic N) is 3. The van der Waals surface area contributed by atoms with E-state index in [4.69, 9.17) is 0 Å². The predicted octanol–water partition coefficient (Wildman–Crippen LogP) is 2.50. The number of hydrogen-bond acceptors (Lipinski definition) is 4. The molecule has 1 saturated heterocycles. The van der Waals surface area contributed by atoms with Gasteiger partial charge in [-0.1, -0.05) is 12.1 Å². The molecular weight excluding hydrogens is 352 g/mol. The van der Waals surface area contributed by atoms with Crippen LogP contribution in [0, 0.1) is 13.8 Å². The average molecular weight is 389 g/mol. The molecule has 0 saturated carbocycles. The highest BCUT2D eigenvalue weighted by Crippen LogP contribution is 2.18. The number of hydrogen-bond donors (Lipinski definition) is 1. The molecule has 0 bridgehead atoms. The lowest BCUT2D eigenvalue weighted by atomic mass is 10.1. The summed E-state index contributed by atoms with van der Waals surface area (Å²) in [5.41, 5.74) is 3.17. The lowest BCUT2D eigenvalue weighted by Gasteiger charge is -2.37. The minimum atomic E-state index is 0.0176. The van der Waals surface area contributed by atoms with Crippen LogP contribution < -0.4 is 5.32 Å². The van der Waals surface area contributed by atoms with Gasteiger partial charge in [0.15, 0.2) is 0 Å². The largest absolute Gasteiger partial charge is 0.337 e. The van der Waals surface area contributed by atoms with Crippen LogP contribution in [-0.4, -0.2) is 77.9 Å². The van der Waals surface area contributed by atoms with Crippen LogP contribution in [0.1, 0.15) is 38.8 Å². The summed E-state index contributed by atoms with van der Waals surface area (Å²) in [6.07, 6.45) is 0. The molecule has 0 spiro atoms. The summed E-state index contributed by atoms with van der Waals surface area (Å²) in [5.74, 6) is 0.204. The van der Waals surface area contributed by atoms with Gasteiger partial charge in [0, 0.05) is 44.0 Å². The molecule has 1 aromatic carbocycles. The first-order valence-corrected chi connectivity index (χ1v) is 10.3. The summed E-state index contributed by atoms with van der Waals surface area (Å²) in [6, 6.07) is 6.38. The van der Waals surface area contributed by atoms with Gasteiger partial charge < -0.3 is 10.2 Å². The minimum absolute atomic E-state index is 0.0176. The zero-order valence-electron chi connectivity index (χ0n) is 18.3. The third-order valence-electron chi connectivity index (χ3n) is 5.47. The lowest BCUT2D eigenvalue weighted by molar-refractivity contribution is -0.136. The molecule has 0 aliphatic carbocycles. The van der Waals surface area contributed by atoms with Crippen molar-refractivity contribution in [3.63, 3.8) is 0 Å². The first-order valence-electron chi connectivity index (χ1n) is 10.3. The van der Waals surface area contributed by atoms with Crippen molar-refractivity contribution in [3.05, 3.63) is 29.3 Å². The van der Waals surface area contributed by atoms with E-state index < -0.39 is 0 Å². The van der Waals surface area contributed by atoms with Crippen molar-refractivity contribution in [1.82, 2.24) is 14.7 Å². The molecule has 1 aromatic rings. The van der Waals surface area contributed by atoms with Crippen LogP contribution in [0.3, 0.4) is 0 Å². The van der Waals surface area contributed by atoms with E-state index >= 15 is 0 Å². The molecule has 0 aromatic heterocycles. The zero-order valence-corrected chi connectivity index (χ0v) is 18.3. The smallest absolute Gasteiger partial charge is 0.238 e. The molecular formula is C22H36N4O2. The Kier molecular flexibility index (Phi) is 8.01. The normalized spacial score (nSPS) is 15.9. The van der Waals surface area contributed by atoms with Crippen molar-refractivity contribution in [2.24, 2.45) is 0 Å².